The Kier molecular flexibility index (Phi) is 6.98. The van der Waals surface area contributed by atoms with Crippen LogP contribution in [0.4, 0.5) is 0 Å². The molecule has 25 heavy (non-hydrogen) atoms. The summed E-state index contributed by atoms with van der Waals surface area (Å²) in [5.74, 6) is -1.59. The SMILES string of the molecule is O=C(COC(=O)CCS(=O)(=O)c1ccc(Cl)cc1)NCc1cccs1. The van der Waals surface area contributed by atoms with Crippen LogP contribution in [0.15, 0.2) is 46.7 Å². The molecule has 0 aliphatic carbocycles. The van der Waals surface area contributed by atoms with E-state index in [9.17, 15) is 18.0 Å². The predicted molar refractivity (Wildman–Crippen MR) is 95.2 cm³/mol. The molecule has 0 saturated carbocycles. The van der Waals surface area contributed by atoms with Gasteiger partial charge in [0.1, 0.15) is 0 Å². The summed E-state index contributed by atoms with van der Waals surface area (Å²) in [6, 6.07) is 9.42. The molecule has 0 unspecified atom stereocenters. The van der Waals surface area contributed by atoms with Gasteiger partial charge in [0, 0.05) is 9.90 Å². The molecule has 134 valence electrons. The van der Waals surface area contributed by atoms with E-state index in [1.807, 2.05) is 17.5 Å². The van der Waals surface area contributed by atoms with Crippen molar-refractivity contribution in [2.75, 3.05) is 12.4 Å². The molecule has 1 aromatic heterocycles. The molecule has 2 rings (SSSR count). The van der Waals surface area contributed by atoms with E-state index >= 15 is 0 Å². The Bertz CT molecular complexity index is 817. The second-order valence-corrected chi connectivity index (χ2v) is 8.62. The fourth-order valence-corrected chi connectivity index (χ4v) is 3.84. The van der Waals surface area contributed by atoms with Crippen molar-refractivity contribution in [3.8, 4) is 0 Å². The Labute approximate surface area is 154 Å². The zero-order valence-corrected chi connectivity index (χ0v) is 15.5. The Balaban J connectivity index is 1.72. The van der Waals surface area contributed by atoms with Gasteiger partial charge in [0.2, 0.25) is 0 Å². The highest BCUT2D eigenvalue weighted by Crippen LogP contribution is 2.16. The van der Waals surface area contributed by atoms with Gasteiger partial charge in [-0.05, 0) is 35.7 Å². The third kappa shape index (κ3) is 6.49. The molecule has 6 nitrogen and oxygen atoms in total. The highest BCUT2D eigenvalue weighted by atomic mass is 35.5. The summed E-state index contributed by atoms with van der Waals surface area (Å²) < 4.78 is 29.0. The number of benzene rings is 1. The zero-order valence-electron chi connectivity index (χ0n) is 13.1. The predicted octanol–water partition coefficient (Wildman–Crippen LogP) is 2.42. The molecular formula is C16H16ClNO5S2. The van der Waals surface area contributed by atoms with Crippen LogP contribution in [-0.2, 0) is 30.7 Å². The minimum absolute atomic E-state index is 0.0818. The number of hydrogen-bond acceptors (Lipinski definition) is 6. The van der Waals surface area contributed by atoms with Crippen LogP contribution in [0.25, 0.3) is 0 Å². The third-order valence-corrected chi connectivity index (χ3v) is 6.01. The van der Waals surface area contributed by atoms with Gasteiger partial charge in [-0.3, -0.25) is 9.59 Å². The number of rotatable bonds is 8. The lowest BCUT2D eigenvalue weighted by Crippen LogP contribution is -2.28. The van der Waals surface area contributed by atoms with Crippen LogP contribution >= 0.6 is 22.9 Å². The molecule has 0 saturated heterocycles. The van der Waals surface area contributed by atoms with Crippen molar-refractivity contribution >= 4 is 44.7 Å². The quantitative estimate of drug-likeness (QED) is 0.686. The molecule has 0 fully saturated rings. The van der Waals surface area contributed by atoms with Crippen molar-refractivity contribution < 1.29 is 22.7 Å². The fraction of sp³-hybridized carbons (Fsp3) is 0.250. The average molecular weight is 402 g/mol. The van der Waals surface area contributed by atoms with Gasteiger partial charge >= 0.3 is 5.97 Å². The van der Waals surface area contributed by atoms with Gasteiger partial charge < -0.3 is 10.1 Å². The smallest absolute Gasteiger partial charge is 0.307 e. The van der Waals surface area contributed by atoms with Crippen molar-refractivity contribution in [3.63, 3.8) is 0 Å². The Morgan fingerprint density at radius 1 is 1.16 bits per heavy atom. The number of hydrogen-bond donors (Lipinski definition) is 1. The summed E-state index contributed by atoms with van der Waals surface area (Å²) in [6.07, 6.45) is -0.330. The first-order chi connectivity index (χ1) is 11.9. The number of carbonyl (C=O) groups is 2. The van der Waals surface area contributed by atoms with Crippen LogP contribution in [-0.4, -0.2) is 32.7 Å². The number of thiophene rings is 1. The summed E-state index contributed by atoms with van der Waals surface area (Å²) >= 11 is 7.21. The molecule has 1 aromatic carbocycles. The van der Waals surface area contributed by atoms with Crippen LogP contribution in [0.2, 0.25) is 5.02 Å². The van der Waals surface area contributed by atoms with Crippen molar-refractivity contribution in [1.29, 1.82) is 0 Å². The third-order valence-electron chi connectivity index (χ3n) is 3.15. The molecule has 0 bridgehead atoms. The van der Waals surface area contributed by atoms with Gasteiger partial charge in [0.25, 0.3) is 5.91 Å². The van der Waals surface area contributed by atoms with Gasteiger partial charge in [0.15, 0.2) is 16.4 Å². The molecule has 0 atom stereocenters. The number of ether oxygens (including phenoxy) is 1. The van der Waals surface area contributed by atoms with Crippen molar-refractivity contribution in [2.24, 2.45) is 0 Å². The van der Waals surface area contributed by atoms with Crippen LogP contribution in [0.5, 0.6) is 0 Å². The Hall–Kier alpha value is -1.90. The zero-order chi connectivity index (χ0) is 18.3. The van der Waals surface area contributed by atoms with E-state index in [2.05, 4.69) is 5.32 Å². The highest BCUT2D eigenvalue weighted by molar-refractivity contribution is 7.91. The largest absolute Gasteiger partial charge is 0.456 e. The van der Waals surface area contributed by atoms with Crippen molar-refractivity contribution in [3.05, 3.63) is 51.7 Å². The molecule has 0 radical (unpaired) electrons. The van der Waals surface area contributed by atoms with Gasteiger partial charge in [-0.25, -0.2) is 8.42 Å². The first-order valence-electron chi connectivity index (χ1n) is 7.30. The van der Waals surface area contributed by atoms with E-state index in [4.69, 9.17) is 16.3 Å². The van der Waals surface area contributed by atoms with E-state index in [0.29, 0.717) is 11.6 Å². The van der Waals surface area contributed by atoms with E-state index in [-0.39, 0.29) is 11.3 Å². The van der Waals surface area contributed by atoms with Crippen LogP contribution in [0, 0.1) is 0 Å². The van der Waals surface area contributed by atoms with Crippen molar-refractivity contribution in [2.45, 2.75) is 17.9 Å². The highest BCUT2D eigenvalue weighted by Gasteiger charge is 2.17. The maximum Gasteiger partial charge on any atom is 0.307 e. The van der Waals surface area contributed by atoms with E-state index in [1.54, 1.807) is 0 Å². The molecule has 1 N–H and O–H groups in total. The minimum Gasteiger partial charge on any atom is -0.456 e. The topological polar surface area (TPSA) is 89.5 Å². The summed E-state index contributed by atoms with van der Waals surface area (Å²) in [7, 11) is -3.61. The van der Waals surface area contributed by atoms with E-state index < -0.39 is 34.1 Å². The normalized spacial score (nSPS) is 11.1. The molecule has 0 aliphatic heterocycles. The first kappa shape index (κ1) is 19.4. The molecular weight excluding hydrogens is 386 g/mol. The average Bonchev–Trinajstić information content (AvgIpc) is 3.10. The fourth-order valence-electron chi connectivity index (χ4n) is 1.85. The van der Waals surface area contributed by atoms with Crippen LogP contribution in [0.1, 0.15) is 11.3 Å². The number of halogens is 1. The maximum absolute atomic E-state index is 12.1. The molecule has 0 aliphatic rings. The first-order valence-corrected chi connectivity index (χ1v) is 10.2. The second-order valence-electron chi connectivity index (χ2n) is 5.04. The molecule has 2 aromatic rings. The van der Waals surface area contributed by atoms with Crippen molar-refractivity contribution in [1.82, 2.24) is 5.32 Å². The van der Waals surface area contributed by atoms with Crippen LogP contribution < -0.4 is 5.32 Å². The summed E-state index contributed by atoms with van der Waals surface area (Å²) in [5, 5.41) is 4.92. The lowest BCUT2D eigenvalue weighted by atomic mass is 10.4. The number of amides is 1. The van der Waals surface area contributed by atoms with Gasteiger partial charge in [-0.1, -0.05) is 17.7 Å². The standard InChI is InChI=1S/C16H16ClNO5S2/c17-12-3-5-14(6-4-12)25(21,22)9-7-16(20)23-11-15(19)18-10-13-2-1-8-24-13/h1-6,8H,7,9-11H2,(H,18,19). The number of carbonyl (C=O) groups excluding carboxylic acids is 2. The Morgan fingerprint density at radius 2 is 1.88 bits per heavy atom. The summed E-state index contributed by atoms with van der Waals surface area (Å²) in [6.45, 7) is -0.0792. The second kappa shape index (κ2) is 8.98. The monoisotopic (exact) mass is 401 g/mol. The van der Waals surface area contributed by atoms with Gasteiger partial charge in [-0.15, -0.1) is 11.3 Å². The number of esters is 1. The van der Waals surface area contributed by atoms with Gasteiger partial charge in [-0.2, -0.15) is 0 Å². The molecule has 1 heterocycles. The maximum atomic E-state index is 12.1. The lowest BCUT2D eigenvalue weighted by molar-refractivity contribution is -0.148. The Morgan fingerprint density at radius 3 is 2.52 bits per heavy atom. The number of nitrogens with one attached hydrogen (secondary N) is 1. The van der Waals surface area contributed by atoms with Crippen LogP contribution in [0.3, 0.4) is 0 Å². The lowest BCUT2D eigenvalue weighted by Gasteiger charge is -2.07. The van der Waals surface area contributed by atoms with E-state index in [1.165, 1.54) is 35.6 Å². The molecule has 1 amide bonds. The molecule has 9 heteroatoms. The minimum atomic E-state index is -3.61. The summed E-state index contributed by atoms with van der Waals surface area (Å²) in [5.41, 5.74) is 0. The van der Waals surface area contributed by atoms with E-state index in [0.717, 1.165) is 4.88 Å². The van der Waals surface area contributed by atoms with Gasteiger partial charge in [0.05, 0.1) is 23.6 Å². The molecule has 0 spiro atoms. The summed E-state index contributed by atoms with van der Waals surface area (Å²) in [4.78, 5) is 24.3. The number of sulfone groups is 1.